The zero-order chi connectivity index (χ0) is 13.2. The topological polar surface area (TPSA) is 44.4 Å². The van der Waals surface area contributed by atoms with Gasteiger partial charge in [-0.15, -0.1) is 0 Å². The summed E-state index contributed by atoms with van der Waals surface area (Å²) in [6.45, 7) is 2.17. The molecule has 0 radical (unpaired) electrons. The van der Waals surface area contributed by atoms with Crippen LogP contribution in [-0.4, -0.2) is 31.6 Å². The van der Waals surface area contributed by atoms with Gasteiger partial charge in [-0.3, -0.25) is 4.79 Å². The van der Waals surface area contributed by atoms with Crippen LogP contribution in [0.1, 0.15) is 18.4 Å². The SMILES string of the molecule is O=C1CN(c2ccc(CNC3CC3)cc2F)CCN1. The molecule has 0 atom stereocenters. The van der Waals surface area contributed by atoms with Crippen molar-refractivity contribution in [2.45, 2.75) is 25.4 Å². The molecule has 1 heterocycles. The van der Waals surface area contributed by atoms with Crippen LogP contribution in [0.15, 0.2) is 18.2 Å². The minimum Gasteiger partial charge on any atom is -0.358 e. The molecule has 0 unspecified atom stereocenters. The standard InChI is InChI=1S/C14H18FN3O/c15-12-7-10(8-17-11-2-3-11)1-4-13(12)18-6-5-16-14(19)9-18/h1,4,7,11,17H,2-3,5-6,8-9H2,(H,16,19). The van der Waals surface area contributed by atoms with Gasteiger partial charge in [0.05, 0.1) is 12.2 Å². The summed E-state index contributed by atoms with van der Waals surface area (Å²) < 4.78 is 14.1. The van der Waals surface area contributed by atoms with Crippen molar-refractivity contribution in [3.8, 4) is 0 Å². The molecule has 1 saturated heterocycles. The lowest BCUT2D eigenvalue weighted by Gasteiger charge is -2.29. The molecule has 1 saturated carbocycles. The number of carbonyl (C=O) groups excluding carboxylic acids is 1. The minimum absolute atomic E-state index is 0.0508. The summed E-state index contributed by atoms with van der Waals surface area (Å²) in [7, 11) is 0. The number of amides is 1. The van der Waals surface area contributed by atoms with E-state index in [2.05, 4.69) is 10.6 Å². The van der Waals surface area contributed by atoms with Crippen molar-refractivity contribution in [1.82, 2.24) is 10.6 Å². The maximum absolute atomic E-state index is 14.1. The van der Waals surface area contributed by atoms with E-state index in [1.807, 2.05) is 6.07 Å². The van der Waals surface area contributed by atoms with Gasteiger partial charge in [-0.2, -0.15) is 0 Å². The van der Waals surface area contributed by atoms with Crippen LogP contribution < -0.4 is 15.5 Å². The predicted molar refractivity (Wildman–Crippen MR) is 71.5 cm³/mol. The molecule has 3 rings (SSSR count). The molecule has 4 nitrogen and oxygen atoms in total. The lowest BCUT2D eigenvalue weighted by atomic mass is 10.1. The predicted octanol–water partition coefficient (Wildman–Crippen LogP) is 1.01. The third kappa shape index (κ3) is 3.04. The number of nitrogens with zero attached hydrogens (tertiary/aromatic N) is 1. The third-order valence-electron chi connectivity index (χ3n) is 3.56. The summed E-state index contributed by atoms with van der Waals surface area (Å²) in [5.41, 5.74) is 1.47. The molecule has 102 valence electrons. The lowest BCUT2D eigenvalue weighted by molar-refractivity contribution is -0.120. The second kappa shape index (κ2) is 5.17. The molecule has 19 heavy (non-hydrogen) atoms. The van der Waals surface area contributed by atoms with E-state index in [0.717, 1.165) is 5.56 Å². The van der Waals surface area contributed by atoms with Gasteiger partial charge in [0, 0.05) is 25.7 Å². The van der Waals surface area contributed by atoms with E-state index >= 15 is 0 Å². The number of halogens is 1. The van der Waals surface area contributed by atoms with Gasteiger partial charge in [-0.25, -0.2) is 4.39 Å². The maximum atomic E-state index is 14.1. The van der Waals surface area contributed by atoms with Crippen molar-refractivity contribution >= 4 is 11.6 Å². The van der Waals surface area contributed by atoms with Crippen LogP contribution in [-0.2, 0) is 11.3 Å². The van der Waals surface area contributed by atoms with Crippen LogP contribution in [0.4, 0.5) is 10.1 Å². The highest BCUT2D eigenvalue weighted by Crippen LogP contribution is 2.23. The van der Waals surface area contributed by atoms with E-state index in [0.29, 0.717) is 31.4 Å². The summed E-state index contributed by atoms with van der Waals surface area (Å²) in [6.07, 6.45) is 2.45. The minimum atomic E-state index is -0.246. The number of piperazine rings is 1. The summed E-state index contributed by atoms with van der Waals surface area (Å²) in [4.78, 5) is 13.1. The summed E-state index contributed by atoms with van der Waals surface area (Å²) in [5.74, 6) is -0.296. The Balaban J connectivity index is 1.69. The molecule has 2 N–H and O–H groups in total. The van der Waals surface area contributed by atoms with Gasteiger partial charge in [0.15, 0.2) is 0 Å². The molecule has 0 aromatic heterocycles. The Labute approximate surface area is 112 Å². The maximum Gasteiger partial charge on any atom is 0.239 e. The zero-order valence-corrected chi connectivity index (χ0v) is 10.8. The van der Waals surface area contributed by atoms with E-state index < -0.39 is 0 Å². The zero-order valence-electron chi connectivity index (χ0n) is 10.8. The number of carbonyl (C=O) groups is 1. The van der Waals surface area contributed by atoms with E-state index in [1.165, 1.54) is 12.8 Å². The Morgan fingerprint density at radius 2 is 2.26 bits per heavy atom. The number of hydrogen-bond acceptors (Lipinski definition) is 3. The fourth-order valence-electron chi connectivity index (χ4n) is 2.31. The highest BCUT2D eigenvalue weighted by molar-refractivity contribution is 5.82. The van der Waals surface area contributed by atoms with Crippen LogP contribution in [0.5, 0.6) is 0 Å². The van der Waals surface area contributed by atoms with Gasteiger partial charge < -0.3 is 15.5 Å². The average Bonchev–Trinajstić information content (AvgIpc) is 3.20. The number of rotatable bonds is 4. The average molecular weight is 263 g/mol. The number of anilines is 1. The molecule has 2 aliphatic rings. The molecular formula is C14H18FN3O. The van der Waals surface area contributed by atoms with Crippen LogP contribution >= 0.6 is 0 Å². The largest absolute Gasteiger partial charge is 0.358 e. The van der Waals surface area contributed by atoms with E-state index in [-0.39, 0.29) is 18.3 Å². The van der Waals surface area contributed by atoms with Crippen LogP contribution in [0.2, 0.25) is 0 Å². The molecule has 5 heteroatoms. The van der Waals surface area contributed by atoms with Gasteiger partial charge in [-0.1, -0.05) is 6.07 Å². The third-order valence-corrected chi connectivity index (χ3v) is 3.56. The highest BCUT2D eigenvalue weighted by atomic mass is 19.1. The Hall–Kier alpha value is -1.62. The van der Waals surface area contributed by atoms with Crippen LogP contribution in [0.3, 0.4) is 0 Å². The van der Waals surface area contributed by atoms with Crippen molar-refractivity contribution in [1.29, 1.82) is 0 Å². The smallest absolute Gasteiger partial charge is 0.239 e. The van der Waals surface area contributed by atoms with Crippen LogP contribution in [0, 0.1) is 5.82 Å². The van der Waals surface area contributed by atoms with Gasteiger partial charge in [-0.05, 0) is 30.5 Å². The van der Waals surface area contributed by atoms with Gasteiger partial charge >= 0.3 is 0 Å². The molecule has 1 amide bonds. The first-order chi connectivity index (χ1) is 9.22. The number of benzene rings is 1. The molecule has 0 spiro atoms. The van der Waals surface area contributed by atoms with Crippen molar-refractivity contribution in [2.75, 3.05) is 24.5 Å². The van der Waals surface area contributed by atoms with Crippen molar-refractivity contribution in [3.05, 3.63) is 29.6 Å². The molecular weight excluding hydrogens is 245 g/mol. The first kappa shape index (κ1) is 12.4. The van der Waals surface area contributed by atoms with Gasteiger partial charge in [0.2, 0.25) is 5.91 Å². The monoisotopic (exact) mass is 263 g/mol. The Morgan fingerprint density at radius 3 is 2.95 bits per heavy atom. The van der Waals surface area contributed by atoms with Crippen molar-refractivity contribution in [3.63, 3.8) is 0 Å². The van der Waals surface area contributed by atoms with Crippen molar-refractivity contribution < 1.29 is 9.18 Å². The number of nitrogens with one attached hydrogen (secondary N) is 2. The quantitative estimate of drug-likeness (QED) is 0.852. The Kier molecular flexibility index (Phi) is 3.38. The van der Waals surface area contributed by atoms with Crippen LogP contribution in [0.25, 0.3) is 0 Å². The second-order valence-electron chi connectivity index (χ2n) is 5.21. The number of hydrogen-bond donors (Lipinski definition) is 2. The highest BCUT2D eigenvalue weighted by Gasteiger charge is 2.21. The second-order valence-corrected chi connectivity index (χ2v) is 5.21. The first-order valence-electron chi connectivity index (χ1n) is 6.76. The fourth-order valence-corrected chi connectivity index (χ4v) is 2.31. The molecule has 0 bridgehead atoms. The first-order valence-corrected chi connectivity index (χ1v) is 6.76. The van der Waals surface area contributed by atoms with E-state index in [4.69, 9.17) is 0 Å². The normalized spacial score (nSPS) is 19.4. The summed E-state index contributed by atoms with van der Waals surface area (Å²) in [6, 6.07) is 5.89. The Morgan fingerprint density at radius 1 is 1.42 bits per heavy atom. The molecule has 1 aromatic rings. The molecule has 1 aliphatic heterocycles. The van der Waals surface area contributed by atoms with E-state index in [1.54, 1.807) is 17.0 Å². The van der Waals surface area contributed by atoms with Gasteiger partial charge in [0.25, 0.3) is 0 Å². The summed E-state index contributed by atoms with van der Waals surface area (Å²) >= 11 is 0. The lowest BCUT2D eigenvalue weighted by Crippen LogP contribution is -2.48. The Bertz CT molecular complexity index is 488. The van der Waals surface area contributed by atoms with E-state index in [9.17, 15) is 9.18 Å². The summed E-state index contributed by atoms with van der Waals surface area (Å²) in [5, 5.41) is 6.10. The van der Waals surface area contributed by atoms with Gasteiger partial charge in [0.1, 0.15) is 5.82 Å². The van der Waals surface area contributed by atoms with Crippen molar-refractivity contribution in [2.24, 2.45) is 0 Å². The molecule has 1 aromatic carbocycles. The molecule has 2 fully saturated rings. The fraction of sp³-hybridized carbons (Fsp3) is 0.500. The molecule has 1 aliphatic carbocycles.